The molecule has 114 valence electrons. The van der Waals surface area contributed by atoms with Crippen molar-refractivity contribution in [1.29, 1.82) is 0 Å². The van der Waals surface area contributed by atoms with Gasteiger partial charge in [0.05, 0.1) is 0 Å². The standard InChI is InChI=1S/C18H30O2/c1-13(17(2,3)4)14-9-11-15(12-10-14)20-16(19-8)18(5,6)7/h9-13,16H,1-8H3. The van der Waals surface area contributed by atoms with Gasteiger partial charge in [0.2, 0.25) is 6.29 Å². The van der Waals surface area contributed by atoms with Crippen LogP contribution in [0.3, 0.4) is 0 Å². The molecule has 0 heterocycles. The van der Waals surface area contributed by atoms with Gasteiger partial charge in [-0.15, -0.1) is 0 Å². The minimum atomic E-state index is -0.242. The van der Waals surface area contributed by atoms with E-state index < -0.39 is 0 Å². The third-order valence-corrected chi connectivity index (χ3v) is 3.84. The molecule has 0 spiro atoms. The quantitative estimate of drug-likeness (QED) is 0.702. The lowest BCUT2D eigenvalue weighted by Gasteiger charge is -2.30. The van der Waals surface area contributed by atoms with E-state index >= 15 is 0 Å². The Bertz CT molecular complexity index is 407. The molecular formula is C18H30O2. The molecule has 20 heavy (non-hydrogen) atoms. The van der Waals surface area contributed by atoms with Gasteiger partial charge in [-0.2, -0.15) is 0 Å². The molecule has 2 nitrogen and oxygen atoms in total. The zero-order valence-corrected chi connectivity index (χ0v) is 14.3. The summed E-state index contributed by atoms with van der Waals surface area (Å²) in [5, 5.41) is 0. The van der Waals surface area contributed by atoms with Gasteiger partial charge in [0.25, 0.3) is 0 Å². The van der Waals surface area contributed by atoms with Crippen molar-refractivity contribution >= 4 is 0 Å². The Morgan fingerprint density at radius 3 is 1.70 bits per heavy atom. The fraction of sp³-hybridized carbons (Fsp3) is 0.667. The zero-order chi connectivity index (χ0) is 15.6. The van der Waals surface area contributed by atoms with Crippen LogP contribution >= 0.6 is 0 Å². The molecule has 0 amide bonds. The SMILES string of the molecule is COC(Oc1ccc(C(C)C(C)(C)C)cc1)C(C)(C)C. The predicted molar refractivity (Wildman–Crippen MR) is 85.2 cm³/mol. The zero-order valence-electron chi connectivity index (χ0n) is 14.3. The van der Waals surface area contributed by atoms with Crippen molar-refractivity contribution in [3.63, 3.8) is 0 Å². The average molecular weight is 278 g/mol. The van der Waals surface area contributed by atoms with Gasteiger partial charge in [-0.1, -0.05) is 60.6 Å². The Morgan fingerprint density at radius 1 is 0.850 bits per heavy atom. The van der Waals surface area contributed by atoms with Gasteiger partial charge in [-0.05, 0) is 29.0 Å². The molecule has 2 heteroatoms. The molecular weight excluding hydrogens is 248 g/mol. The van der Waals surface area contributed by atoms with E-state index in [1.165, 1.54) is 5.56 Å². The molecule has 2 atom stereocenters. The lowest BCUT2D eigenvalue weighted by Crippen LogP contribution is -2.33. The second kappa shape index (κ2) is 6.17. The summed E-state index contributed by atoms with van der Waals surface area (Å²) in [5.41, 5.74) is 1.56. The van der Waals surface area contributed by atoms with Crippen LogP contribution in [-0.2, 0) is 4.74 Å². The number of hydrogen-bond acceptors (Lipinski definition) is 2. The summed E-state index contributed by atoms with van der Waals surface area (Å²) in [6.45, 7) is 15.4. The van der Waals surface area contributed by atoms with E-state index in [1.54, 1.807) is 7.11 Å². The summed E-state index contributed by atoms with van der Waals surface area (Å²) in [7, 11) is 1.69. The molecule has 0 radical (unpaired) electrons. The molecule has 1 aromatic rings. The second-order valence-electron chi connectivity index (χ2n) is 7.71. The first-order chi connectivity index (χ1) is 9.05. The van der Waals surface area contributed by atoms with Crippen LogP contribution < -0.4 is 4.74 Å². The minimum Gasteiger partial charge on any atom is -0.464 e. The minimum absolute atomic E-state index is 0.0495. The van der Waals surface area contributed by atoms with Gasteiger partial charge in [0, 0.05) is 12.5 Å². The molecule has 0 aromatic heterocycles. The molecule has 0 fully saturated rings. The molecule has 0 bridgehead atoms. The van der Waals surface area contributed by atoms with Gasteiger partial charge in [0.15, 0.2) is 0 Å². The smallest absolute Gasteiger partial charge is 0.204 e. The fourth-order valence-electron chi connectivity index (χ4n) is 2.04. The molecule has 0 aliphatic carbocycles. The van der Waals surface area contributed by atoms with Crippen LogP contribution in [0.1, 0.15) is 59.9 Å². The molecule has 0 aliphatic rings. The van der Waals surface area contributed by atoms with Crippen molar-refractivity contribution in [3.05, 3.63) is 29.8 Å². The topological polar surface area (TPSA) is 18.5 Å². The van der Waals surface area contributed by atoms with E-state index in [4.69, 9.17) is 9.47 Å². The van der Waals surface area contributed by atoms with Crippen LogP contribution in [0.5, 0.6) is 5.75 Å². The van der Waals surface area contributed by atoms with Crippen molar-refractivity contribution < 1.29 is 9.47 Å². The lowest BCUT2D eigenvalue weighted by molar-refractivity contribution is -0.120. The lowest BCUT2D eigenvalue weighted by atomic mass is 9.78. The maximum atomic E-state index is 5.93. The van der Waals surface area contributed by atoms with Crippen LogP contribution in [0.4, 0.5) is 0 Å². The molecule has 0 N–H and O–H groups in total. The highest BCUT2D eigenvalue weighted by molar-refractivity contribution is 5.30. The number of rotatable bonds is 4. The van der Waals surface area contributed by atoms with Crippen molar-refractivity contribution in [2.75, 3.05) is 7.11 Å². The van der Waals surface area contributed by atoms with Gasteiger partial charge >= 0.3 is 0 Å². The van der Waals surface area contributed by atoms with Crippen LogP contribution in [0, 0.1) is 10.8 Å². The van der Waals surface area contributed by atoms with E-state index in [0.717, 1.165) is 5.75 Å². The third kappa shape index (κ3) is 4.52. The second-order valence-corrected chi connectivity index (χ2v) is 7.71. The molecule has 0 aliphatic heterocycles. The van der Waals surface area contributed by atoms with Crippen LogP contribution in [0.15, 0.2) is 24.3 Å². The summed E-state index contributed by atoms with van der Waals surface area (Å²) in [6.07, 6.45) is -0.242. The number of ether oxygens (including phenoxy) is 2. The maximum Gasteiger partial charge on any atom is 0.204 e. The van der Waals surface area contributed by atoms with E-state index in [-0.39, 0.29) is 17.1 Å². The Labute approximate surface area is 124 Å². The Hall–Kier alpha value is -1.02. The summed E-state index contributed by atoms with van der Waals surface area (Å²) < 4.78 is 11.4. The predicted octanol–water partition coefficient (Wildman–Crippen LogP) is 5.23. The van der Waals surface area contributed by atoms with Crippen LogP contribution in [0.2, 0.25) is 0 Å². The maximum absolute atomic E-state index is 5.93. The van der Waals surface area contributed by atoms with E-state index in [9.17, 15) is 0 Å². The van der Waals surface area contributed by atoms with Crippen LogP contribution in [0.25, 0.3) is 0 Å². The van der Waals surface area contributed by atoms with Crippen molar-refractivity contribution in [2.45, 2.75) is 60.7 Å². The molecule has 0 saturated carbocycles. The normalized spacial score (nSPS) is 15.8. The summed E-state index contributed by atoms with van der Waals surface area (Å²) >= 11 is 0. The first-order valence-electron chi connectivity index (χ1n) is 7.35. The average Bonchev–Trinajstić information content (AvgIpc) is 2.33. The summed E-state index contributed by atoms with van der Waals surface area (Å²) in [4.78, 5) is 0. The first kappa shape index (κ1) is 17.0. The monoisotopic (exact) mass is 278 g/mol. The van der Waals surface area contributed by atoms with Crippen molar-refractivity contribution in [3.8, 4) is 5.75 Å². The van der Waals surface area contributed by atoms with Crippen molar-refractivity contribution in [2.24, 2.45) is 10.8 Å². The molecule has 1 aromatic carbocycles. The highest BCUT2D eigenvalue weighted by Crippen LogP contribution is 2.35. The van der Waals surface area contributed by atoms with Gasteiger partial charge in [-0.3, -0.25) is 0 Å². The summed E-state index contributed by atoms with van der Waals surface area (Å²) in [6, 6.07) is 8.38. The van der Waals surface area contributed by atoms with Crippen LogP contribution in [-0.4, -0.2) is 13.4 Å². The van der Waals surface area contributed by atoms with Gasteiger partial charge in [0.1, 0.15) is 5.75 Å². The van der Waals surface area contributed by atoms with Gasteiger partial charge < -0.3 is 9.47 Å². The summed E-state index contributed by atoms with van der Waals surface area (Å²) in [5.74, 6) is 1.37. The number of hydrogen-bond donors (Lipinski definition) is 0. The Kier molecular flexibility index (Phi) is 5.26. The third-order valence-electron chi connectivity index (χ3n) is 3.84. The first-order valence-corrected chi connectivity index (χ1v) is 7.35. The Balaban J connectivity index is 2.82. The largest absolute Gasteiger partial charge is 0.464 e. The van der Waals surface area contributed by atoms with E-state index in [2.05, 4.69) is 60.6 Å². The number of benzene rings is 1. The van der Waals surface area contributed by atoms with Crippen molar-refractivity contribution in [1.82, 2.24) is 0 Å². The van der Waals surface area contributed by atoms with E-state index in [0.29, 0.717) is 5.92 Å². The molecule has 0 saturated heterocycles. The molecule has 1 rings (SSSR count). The highest BCUT2D eigenvalue weighted by atomic mass is 16.7. The molecule has 2 unspecified atom stereocenters. The van der Waals surface area contributed by atoms with Gasteiger partial charge in [-0.25, -0.2) is 0 Å². The Morgan fingerprint density at radius 2 is 1.35 bits per heavy atom. The fourth-order valence-corrected chi connectivity index (χ4v) is 2.04. The van der Waals surface area contributed by atoms with E-state index in [1.807, 2.05) is 12.1 Å². The number of methoxy groups -OCH3 is 1. The highest BCUT2D eigenvalue weighted by Gasteiger charge is 2.26.